The number of nitrogens with zero attached hydrogens (tertiary/aromatic N) is 3. The normalized spacial score (nSPS) is 13.8. The first-order valence-electron chi connectivity index (χ1n) is 12.6. The zero-order valence-corrected chi connectivity index (χ0v) is 23.3. The number of rotatable bonds is 6. The van der Waals surface area contributed by atoms with Gasteiger partial charge in [-0.25, -0.2) is 9.78 Å². The van der Waals surface area contributed by atoms with Crippen molar-refractivity contribution in [1.29, 1.82) is 0 Å². The Labute approximate surface area is 230 Å². The van der Waals surface area contributed by atoms with Gasteiger partial charge in [-0.1, -0.05) is 36.4 Å². The van der Waals surface area contributed by atoms with Crippen molar-refractivity contribution in [2.75, 3.05) is 23.7 Å². The van der Waals surface area contributed by atoms with E-state index in [1.807, 2.05) is 57.3 Å². The van der Waals surface area contributed by atoms with E-state index >= 15 is 0 Å². The molecule has 38 heavy (non-hydrogen) atoms. The minimum absolute atomic E-state index is 0.273. The summed E-state index contributed by atoms with van der Waals surface area (Å²) in [5.41, 5.74) is 4.95. The number of H-pyrrole nitrogens is 1. The Kier molecular flexibility index (Phi) is 7.37. The molecule has 0 unspecified atom stereocenters. The maximum Gasteiger partial charge on any atom is 0.410 e. The van der Waals surface area contributed by atoms with E-state index in [1.54, 1.807) is 11.1 Å². The highest BCUT2D eigenvalue weighted by molar-refractivity contribution is 9.10. The number of halogens is 1. The lowest BCUT2D eigenvalue weighted by atomic mass is 9.99. The molecule has 3 N–H and O–H groups in total. The van der Waals surface area contributed by atoms with Gasteiger partial charge in [-0.05, 0) is 72.5 Å². The minimum Gasteiger partial charge on any atom is -0.444 e. The molecule has 0 saturated carbocycles. The number of benzene rings is 2. The van der Waals surface area contributed by atoms with Crippen LogP contribution in [-0.2, 0) is 11.3 Å². The molecule has 0 bridgehead atoms. The second-order valence-electron chi connectivity index (χ2n) is 10.2. The zero-order chi connectivity index (χ0) is 26.7. The highest BCUT2D eigenvalue weighted by Gasteiger charge is 2.24. The standard InChI is InChI=1S/C29H31BrN6O2/c1-29(2,3)38-28(37)36-13-11-20(12-14-36)23-17-31-25-10-9-21(15-22(23)25)34-27-33-18-24(30)26(35-27)32-16-19-7-5-4-6-8-19/h4-11,15,17-18,31H,12-14,16H2,1-3H3,(H2,32,33,34,35). The van der Waals surface area contributed by atoms with Gasteiger partial charge in [0.25, 0.3) is 0 Å². The average molecular weight is 576 g/mol. The Hall–Kier alpha value is -3.85. The number of aromatic amines is 1. The van der Waals surface area contributed by atoms with Crippen LogP contribution in [0.4, 0.5) is 22.2 Å². The van der Waals surface area contributed by atoms with E-state index in [4.69, 9.17) is 4.74 Å². The molecule has 1 aliphatic heterocycles. The van der Waals surface area contributed by atoms with Gasteiger partial charge in [-0.2, -0.15) is 4.98 Å². The van der Waals surface area contributed by atoms with Gasteiger partial charge in [-0.15, -0.1) is 0 Å². The number of amides is 1. The van der Waals surface area contributed by atoms with Gasteiger partial charge in [0.2, 0.25) is 5.95 Å². The van der Waals surface area contributed by atoms with Crippen molar-refractivity contribution in [3.05, 3.63) is 82.6 Å². The Morgan fingerprint density at radius 3 is 2.74 bits per heavy atom. The maximum absolute atomic E-state index is 12.4. The van der Waals surface area contributed by atoms with E-state index in [9.17, 15) is 4.79 Å². The van der Waals surface area contributed by atoms with Crippen LogP contribution in [0.1, 0.15) is 38.3 Å². The van der Waals surface area contributed by atoms with Crippen LogP contribution < -0.4 is 10.6 Å². The molecule has 0 fully saturated rings. The van der Waals surface area contributed by atoms with Crippen LogP contribution in [0.2, 0.25) is 0 Å². The lowest BCUT2D eigenvalue weighted by Crippen LogP contribution is -2.39. The van der Waals surface area contributed by atoms with E-state index in [2.05, 4.69) is 65.8 Å². The fourth-order valence-corrected chi connectivity index (χ4v) is 4.66. The quantitative estimate of drug-likeness (QED) is 0.227. The van der Waals surface area contributed by atoms with Crippen molar-refractivity contribution in [2.24, 2.45) is 0 Å². The Balaban J connectivity index is 1.31. The van der Waals surface area contributed by atoms with Crippen LogP contribution in [0.25, 0.3) is 16.5 Å². The molecule has 0 aliphatic carbocycles. The molecule has 0 spiro atoms. The summed E-state index contributed by atoms with van der Waals surface area (Å²) in [6, 6.07) is 16.3. The molecular weight excluding hydrogens is 544 g/mol. The number of hydrogen-bond donors (Lipinski definition) is 3. The number of ether oxygens (including phenoxy) is 1. The summed E-state index contributed by atoms with van der Waals surface area (Å²) in [5.74, 6) is 1.22. The Morgan fingerprint density at radius 2 is 2.00 bits per heavy atom. The number of carbonyl (C=O) groups excluding carboxylic acids is 1. The highest BCUT2D eigenvalue weighted by Crippen LogP contribution is 2.32. The molecule has 196 valence electrons. The van der Waals surface area contributed by atoms with Crippen LogP contribution in [0, 0.1) is 0 Å². The first-order valence-corrected chi connectivity index (χ1v) is 13.4. The van der Waals surface area contributed by atoms with Crippen LogP contribution >= 0.6 is 15.9 Å². The van der Waals surface area contributed by atoms with Gasteiger partial charge in [0.1, 0.15) is 11.4 Å². The lowest BCUT2D eigenvalue weighted by Gasteiger charge is -2.29. The maximum atomic E-state index is 12.4. The molecule has 4 aromatic rings. The van der Waals surface area contributed by atoms with Gasteiger partial charge in [0, 0.05) is 54.2 Å². The molecule has 8 nitrogen and oxygen atoms in total. The average Bonchev–Trinajstić information content (AvgIpc) is 3.32. The molecule has 9 heteroatoms. The number of anilines is 3. The van der Waals surface area contributed by atoms with Crippen molar-refractivity contribution in [3.63, 3.8) is 0 Å². The van der Waals surface area contributed by atoms with E-state index in [0.717, 1.165) is 38.9 Å². The van der Waals surface area contributed by atoms with E-state index in [1.165, 1.54) is 11.1 Å². The van der Waals surface area contributed by atoms with Crippen LogP contribution in [0.3, 0.4) is 0 Å². The third kappa shape index (κ3) is 6.16. The summed E-state index contributed by atoms with van der Waals surface area (Å²) in [4.78, 5) is 26.7. The van der Waals surface area contributed by atoms with Crippen molar-refractivity contribution in [1.82, 2.24) is 19.9 Å². The Bertz CT molecular complexity index is 1480. The van der Waals surface area contributed by atoms with Gasteiger partial charge in [0.05, 0.1) is 4.47 Å². The van der Waals surface area contributed by atoms with Crippen molar-refractivity contribution in [2.45, 2.75) is 39.3 Å². The zero-order valence-electron chi connectivity index (χ0n) is 21.7. The van der Waals surface area contributed by atoms with Gasteiger partial charge in [0.15, 0.2) is 0 Å². The van der Waals surface area contributed by atoms with Crippen molar-refractivity contribution < 1.29 is 9.53 Å². The van der Waals surface area contributed by atoms with Crippen molar-refractivity contribution in [3.8, 4) is 0 Å². The summed E-state index contributed by atoms with van der Waals surface area (Å²) < 4.78 is 6.32. The number of nitrogens with one attached hydrogen (secondary N) is 3. The van der Waals surface area contributed by atoms with E-state index in [-0.39, 0.29) is 6.09 Å². The summed E-state index contributed by atoms with van der Waals surface area (Å²) in [7, 11) is 0. The topological polar surface area (TPSA) is 95.2 Å². The molecule has 1 amide bonds. The first-order chi connectivity index (χ1) is 18.2. The van der Waals surface area contributed by atoms with E-state index < -0.39 is 5.60 Å². The first kappa shape index (κ1) is 25.8. The fourth-order valence-electron chi connectivity index (χ4n) is 4.33. The van der Waals surface area contributed by atoms with Crippen LogP contribution in [-0.4, -0.2) is 44.6 Å². The van der Waals surface area contributed by atoms with E-state index in [0.29, 0.717) is 25.6 Å². The second-order valence-corrected chi connectivity index (χ2v) is 11.1. The summed E-state index contributed by atoms with van der Waals surface area (Å²) in [6.07, 6.45) is 6.37. The minimum atomic E-state index is -0.501. The molecule has 0 radical (unpaired) electrons. The van der Waals surface area contributed by atoms with Crippen LogP contribution in [0.5, 0.6) is 0 Å². The lowest BCUT2D eigenvalue weighted by molar-refractivity contribution is 0.0270. The van der Waals surface area contributed by atoms with Crippen LogP contribution in [0.15, 0.2) is 71.5 Å². The number of hydrogen-bond acceptors (Lipinski definition) is 6. The monoisotopic (exact) mass is 574 g/mol. The third-order valence-electron chi connectivity index (χ3n) is 6.19. The fraction of sp³-hybridized carbons (Fsp3) is 0.276. The number of aromatic nitrogens is 3. The smallest absolute Gasteiger partial charge is 0.410 e. The van der Waals surface area contributed by atoms with Crippen molar-refractivity contribution >= 4 is 56.0 Å². The third-order valence-corrected chi connectivity index (χ3v) is 6.77. The molecule has 1 aliphatic rings. The SMILES string of the molecule is CC(C)(C)OC(=O)N1CC=C(c2c[nH]c3ccc(Nc4ncc(Br)c(NCc5ccccc5)n4)cc23)CC1. The molecular formula is C29H31BrN6O2. The number of fused-ring (bicyclic) bond motifs is 1. The largest absolute Gasteiger partial charge is 0.444 e. The summed E-state index contributed by atoms with van der Waals surface area (Å²) >= 11 is 3.54. The van der Waals surface area contributed by atoms with Gasteiger partial charge >= 0.3 is 6.09 Å². The van der Waals surface area contributed by atoms with Gasteiger partial charge < -0.3 is 25.3 Å². The summed E-state index contributed by atoms with van der Waals surface area (Å²) in [5, 5.41) is 7.81. The highest BCUT2D eigenvalue weighted by atomic mass is 79.9. The molecule has 3 heterocycles. The molecule has 0 saturated heterocycles. The summed E-state index contributed by atoms with van der Waals surface area (Å²) in [6.45, 7) is 7.46. The predicted octanol–water partition coefficient (Wildman–Crippen LogP) is 7.10. The number of carbonyl (C=O) groups is 1. The Morgan fingerprint density at radius 1 is 1.18 bits per heavy atom. The van der Waals surface area contributed by atoms with Gasteiger partial charge in [-0.3, -0.25) is 0 Å². The second kappa shape index (κ2) is 10.9. The molecule has 2 aromatic carbocycles. The molecule has 5 rings (SSSR count). The predicted molar refractivity (Wildman–Crippen MR) is 155 cm³/mol. The molecule has 2 aromatic heterocycles. The molecule has 0 atom stereocenters.